The van der Waals surface area contributed by atoms with Gasteiger partial charge in [-0.2, -0.15) is 10.5 Å². The first-order valence-electron chi connectivity index (χ1n) is 9.46. The van der Waals surface area contributed by atoms with Crippen LogP contribution in [0.3, 0.4) is 0 Å². The summed E-state index contributed by atoms with van der Waals surface area (Å²) in [6.07, 6.45) is 0.166. The molecule has 0 saturated heterocycles. The van der Waals surface area contributed by atoms with Crippen LogP contribution in [0.1, 0.15) is 22.3 Å². The first kappa shape index (κ1) is 23.7. The van der Waals surface area contributed by atoms with Gasteiger partial charge in [-0.05, 0) is 41.7 Å². The Morgan fingerprint density at radius 3 is 1.58 bits per heavy atom. The van der Waals surface area contributed by atoms with Gasteiger partial charge in [0, 0.05) is 24.3 Å². The summed E-state index contributed by atoms with van der Waals surface area (Å²) in [7, 11) is 0. The van der Waals surface area contributed by atoms with Crippen molar-refractivity contribution in [3.05, 3.63) is 113 Å². The van der Waals surface area contributed by atoms with E-state index in [1.807, 2.05) is 6.07 Å². The fourth-order valence-electron chi connectivity index (χ4n) is 3.51. The van der Waals surface area contributed by atoms with Gasteiger partial charge in [0.1, 0.15) is 0 Å². The number of hydrogen-bond acceptors (Lipinski definition) is 6. The van der Waals surface area contributed by atoms with Crippen LogP contribution < -0.4 is 0 Å². The van der Waals surface area contributed by atoms with E-state index < -0.39 is 15.3 Å². The minimum absolute atomic E-state index is 0.0829. The fraction of sp³-hybridized carbons (Fsp3) is 0.130. The summed E-state index contributed by atoms with van der Waals surface area (Å²) in [5.41, 5.74) is 0.414. The number of non-ortho nitro benzene ring substituents is 2. The monoisotopic (exact) mass is 480 g/mol. The predicted octanol–water partition coefficient (Wildman–Crippen LogP) is 5.93. The first-order valence-corrected chi connectivity index (χ1v) is 10.2. The van der Waals surface area contributed by atoms with Crippen LogP contribution in [-0.4, -0.2) is 9.85 Å². The molecule has 0 amide bonds. The van der Waals surface area contributed by atoms with Gasteiger partial charge in [-0.3, -0.25) is 20.2 Å². The van der Waals surface area contributed by atoms with E-state index in [1.54, 1.807) is 24.3 Å². The van der Waals surface area contributed by atoms with Gasteiger partial charge in [0.2, 0.25) is 0 Å². The molecule has 0 aliphatic rings. The second-order valence-corrected chi connectivity index (χ2v) is 8.12. The normalized spacial score (nSPS) is 10.8. The highest BCUT2D eigenvalue weighted by Gasteiger charge is 2.35. The molecule has 3 aromatic rings. The maximum atomic E-state index is 11.0. The van der Waals surface area contributed by atoms with Crippen molar-refractivity contribution in [3.8, 4) is 12.1 Å². The maximum Gasteiger partial charge on any atom is 0.270 e. The minimum atomic E-state index is -1.23. The maximum absolute atomic E-state index is 11.0. The first-order chi connectivity index (χ1) is 15.7. The zero-order valence-corrected chi connectivity index (χ0v) is 18.4. The average molecular weight is 481 g/mol. The van der Waals surface area contributed by atoms with Crippen molar-refractivity contribution in [1.82, 2.24) is 0 Å². The van der Waals surface area contributed by atoms with Crippen molar-refractivity contribution in [3.63, 3.8) is 0 Å². The third-order valence-corrected chi connectivity index (χ3v) is 5.96. The zero-order valence-electron chi connectivity index (χ0n) is 16.9. The van der Waals surface area contributed by atoms with Crippen molar-refractivity contribution < 1.29 is 9.85 Å². The number of rotatable bonds is 7. The molecule has 0 aliphatic heterocycles. The van der Waals surface area contributed by atoms with Gasteiger partial charge in [0.15, 0.2) is 0 Å². The quantitative estimate of drug-likeness (QED) is 0.303. The summed E-state index contributed by atoms with van der Waals surface area (Å²) in [5, 5.41) is 41.8. The lowest BCUT2D eigenvalue weighted by molar-refractivity contribution is -0.385. The Morgan fingerprint density at radius 2 is 1.24 bits per heavy atom. The minimum Gasteiger partial charge on any atom is -0.258 e. The fourth-order valence-corrected chi connectivity index (χ4v) is 3.99. The lowest BCUT2D eigenvalue weighted by atomic mass is 9.72. The molecule has 0 unspecified atom stereocenters. The molecule has 0 aromatic heterocycles. The SMILES string of the molecule is N#Cc1ccc(C(C#N)(Cc2ccc([N+](=O)[O-])cc2Cl)Cc2ccc([N+](=O)[O-])cc2Cl)cc1. The summed E-state index contributed by atoms with van der Waals surface area (Å²) in [4.78, 5) is 21.0. The standard InChI is InChI=1S/C23H14Cl2N4O4/c24-21-9-19(28(30)31)7-3-16(21)11-23(14-27,18-5-1-15(13-26)2-6-18)12-17-4-8-20(29(32)33)10-22(17)25/h1-10H,11-12H2. The number of benzene rings is 3. The molecule has 10 heteroatoms. The Kier molecular flexibility index (Phi) is 6.93. The van der Waals surface area contributed by atoms with E-state index in [1.165, 1.54) is 36.4 Å². The number of halogens is 2. The molecule has 0 aliphatic carbocycles. The summed E-state index contributed by atoms with van der Waals surface area (Å²) in [6, 6.07) is 18.9. The second-order valence-electron chi connectivity index (χ2n) is 7.30. The van der Waals surface area contributed by atoms with Gasteiger partial charge in [-0.25, -0.2) is 0 Å². The van der Waals surface area contributed by atoms with E-state index in [-0.39, 0.29) is 34.3 Å². The Labute approximate surface area is 198 Å². The number of nitro groups is 2. The molecule has 0 N–H and O–H groups in total. The highest BCUT2D eigenvalue weighted by Crippen LogP contribution is 2.37. The van der Waals surface area contributed by atoms with Crippen molar-refractivity contribution in [1.29, 1.82) is 10.5 Å². The van der Waals surface area contributed by atoms with Gasteiger partial charge in [-0.15, -0.1) is 0 Å². The van der Waals surface area contributed by atoms with Gasteiger partial charge in [-0.1, -0.05) is 47.5 Å². The summed E-state index contributed by atoms with van der Waals surface area (Å²) >= 11 is 12.6. The molecule has 8 nitrogen and oxygen atoms in total. The number of nitrogens with zero attached hydrogens (tertiary/aromatic N) is 4. The molecule has 0 fully saturated rings. The summed E-state index contributed by atoms with van der Waals surface area (Å²) in [6.45, 7) is 0. The van der Waals surface area contributed by atoms with E-state index in [0.29, 0.717) is 22.3 Å². The van der Waals surface area contributed by atoms with Crippen LogP contribution in [0, 0.1) is 42.9 Å². The highest BCUT2D eigenvalue weighted by molar-refractivity contribution is 6.32. The smallest absolute Gasteiger partial charge is 0.258 e. The molecule has 0 bridgehead atoms. The number of hydrogen-bond donors (Lipinski definition) is 0. The van der Waals surface area contributed by atoms with Crippen molar-refractivity contribution in [2.75, 3.05) is 0 Å². The van der Waals surface area contributed by atoms with Crippen LogP contribution in [0.25, 0.3) is 0 Å². The van der Waals surface area contributed by atoms with E-state index >= 15 is 0 Å². The van der Waals surface area contributed by atoms with E-state index in [9.17, 15) is 25.5 Å². The molecule has 3 aromatic carbocycles. The molecular weight excluding hydrogens is 467 g/mol. The molecule has 0 saturated carbocycles. The lowest BCUT2D eigenvalue weighted by Crippen LogP contribution is -2.30. The zero-order chi connectivity index (χ0) is 24.2. The third-order valence-electron chi connectivity index (χ3n) is 5.26. The second kappa shape index (κ2) is 9.66. The predicted molar refractivity (Wildman–Crippen MR) is 122 cm³/mol. The van der Waals surface area contributed by atoms with Crippen LogP contribution in [0.2, 0.25) is 10.0 Å². The molecule has 3 rings (SSSR count). The molecule has 0 atom stereocenters. The Morgan fingerprint density at radius 1 is 0.788 bits per heavy atom. The largest absolute Gasteiger partial charge is 0.270 e. The molecular formula is C23H14Cl2N4O4. The van der Waals surface area contributed by atoms with Crippen molar-refractivity contribution in [2.45, 2.75) is 18.3 Å². The number of nitriles is 2. The van der Waals surface area contributed by atoms with Crippen molar-refractivity contribution >= 4 is 34.6 Å². The van der Waals surface area contributed by atoms with Crippen LogP contribution >= 0.6 is 23.2 Å². The van der Waals surface area contributed by atoms with Crippen LogP contribution in [0.15, 0.2) is 60.7 Å². The Bertz CT molecular complexity index is 1260. The molecule has 0 spiro atoms. The van der Waals surface area contributed by atoms with E-state index in [2.05, 4.69) is 6.07 Å². The number of nitro benzene ring substituents is 2. The van der Waals surface area contributed by atoms with Gasteiger partial charge >= 0.3 is 0 Å². The van der Waals surface area contributed by atoms with Gasteiger partial charge < -0.3 is 0 Å². The third kappa shape index (κ3) is 5.09. The Hall–Kier alpha value is -3.98. The molecule has 0 heterocycles. The van der Waals surface area contributed by atoms with Crippen molar-refractivity contribution in [2.24, 2.45) is 0 Å². The summed E-state index contributed by atoms with van der Waals surface area (Å²) in [5.74, 6) is 0. The van der Waals surface area contributed by atoms with Gasteiger partial charge in [0.05, 0.1) is 43.0 Å². The molecule has 164 valence electrons. The molecule has 33 heavy (non-hydrogen) atoms. The van der Waals surface area contributed by atoms with Crippen LogP contribution in [0.5, 0.6) is 0 Å². The van der Waals surface area contributed by atoms with E-state index in [0.717, 1.165) is 0 Å². The van der Waals surface area contributed by atoms with Crippen LogP contribution in [-0.2, 0) is 18.3 Å². The lowest BCUT2D eigenvalue weighted by Gasteiger charge is -2.28. The van der Waals surface area contributed by atoms with Gasteiger partial charge in [0.25, 0.3) is 11.4 Å². The van der Waals surface area contributed by atoms with E-state index in [4.69, 9.17) is 28.5 Å². The highest BCUT2D eigenvalue weighted by atomic mass is 35.5. The summed E-state index contributed by atoms with van der Waals surface area (Å²) < 4.78 is 0. The van der Waals surface area contributed by atoms with Crippen LogP contribution in [0.4, 0.5) is 11.4 Å². The average Bonchev–Trinajstić information content (AvgIpc) is 2.80. The topological polar surface area (TPSA) is 134 Å². The Balaban J connectivity index is 2.12. The molecule has 0 radical (unpaired) electrons.